The van der Waals surface area contributed by atoms with Crippen LogP contribution in [0.5, 0.6) is 5.75 Å². The van der Waals surface area contributed by atoms with Gasteiger partial charge in [0, 0.05) is 51.4 Å². The zero-order valence-electron chi connectivity index (χ0n) is 16.4. The molecular weight excluding hydrogens is 340 g/mol. The first-order valence-corrected chi connectivity index (χ1v) is 10.7. The van der Waals surface area contributed by atoms with Crippen molar-refractivity contribution in [2.75, 3.05) is 52.5 Å². The summed E-state index contributed by atoms with van der Waals surface area (Å²) >= 11 is 0. The molecule has 27 heavy (non-hydrogen) atoms. The van der Waals surface area contributed by atoms with Crippen LogP contribution in [0.25, 0.3) is 0 Å². The third-order valence-corrected chi connectivity index (χ3v) is 6.45. The fourth-order valence-corrected chi connectivity index (χ4v) is 4.87. The lowest BCUT2D eigenvalue weighted by Gasteiger charge is -2.30. The van der Waals surface area contributed by atoms with Gasteiger partial charge >= 0.3 is 0 Å². The molecule has 0 amide bonds. The Morgan fingerprint density at radius 1 is 1.00 bits per heavy atom. The van der Waals surface area contributed by atoms with E-state index >= 15 is 0 Å². The molecule has 0 spiro atoms. The lowest BCUT2D eigenvalue weighted by Crippen LogP contribution is -2.41. The van der Waals surface area contributed by atoms with Crippen LogP contribution in [-0.2, 0) is 11.3 Å². The van der Waals surface area contributed by atoms with E-state index in [9.17, 15) is 5.11 Å². The monoisotopic (exact) mass is 374 g/mol. The quantitative estimate of drug-likeness (QED) is 0.794. The van der Waals surface area contributed by atoms with Gasteiger partial charge in [0.1, 0.15) is 5.75 Å². The van der Waals surface area contributed by atoms with Gasteiger partial charge in [-0.05, 0) is 43.6 Å². The number of nitrogens with zero attached hydrogens (tertiary/aromatic N) is 2. The van der Waals surface area contributed by atoms with E-state index in [1.807, 2.05) is 0 Å². The van der Waals surface area contributed by atoms with Crippen molar-refractivity contribution in [3.05, 3.63) is 29.8 Å². The van der Waals surface area contributed by atoms with Crippen molar-refractivity contribution in [1.29, 1.82) is 0 Å². The van der Waals surface area contributed by atoms with Gasteiger partial charge in [0.25, 0.3) is 0 Å². The van der Waals surface area contributed by atoms with E-state index in [2.05, 4.69) is 34.1 Å². The molecule has 4 rings (SSSR count). The molecule has 3 aliphatic rings. The topological polar surface area (TPSA) is 45.2 Å². The number of likely N-dealkylation sites (tertiary alicyclic amines) is 1. The SMILES string of the molecule is OC[C@H]1CN(Cc2ccccc2OC2CCCC2)C[C@H]1CN1CCOCC1. The highest BCUT2D eigenvalue weighted by Crippen LogP contribution is 2.30. The summed E-state index contributed by atoms with van der Waals surface area (Å²) in [6.45, 7) is 8.03. The molecule has 0 unspecified atom stereocenters. The highest BCUT2D eigenvalue weighted by atomic mass is 16.5. The zero-order valence-corrected chi connectivity index (χ0v) is 16.4. The Labute approximate surface area is 163 Å². The summed E-state index contributed by atoms with van der Waals surface area (Å²) in [4.78, 5) is 5.00. The second kappa shape index (κ2) is 9.37. The first-order valence-electron chi connectivity index (χ1n) is 10.7. The number of ether oxygens (including phenoxy) is 2. The first-order chi connectivity index (χ1) is 13.3. The predicted molar refractivity (Wildman–Crippen MR) is 106 cm³/mol. The first kappa shape index (κ1) is 19.2. The Bertz CT molecular complexity index is 585. The Morgan fingerprint density at radius 3 is 2.52 bits per heavy atom. The van der Waals surface area contributed by atoms with Gasteiger partial charge in [-0.3, -0.25) is 9.80 Å². The van der Waals surface area contributed by atoms with Gasteiger partial charge in [-0.2, -0.15) is 0 Å². The van der Waals surface area contributed by atoms with Crippen LogP contribution in [0, 0.1) is 11.8 Å². The van der Waals surface area contributed by atoms with Crippen molar-refractivity contribution in [3.8, 4) is 5.75 Å². The Kier molecular flexibility index (Phi) is 6.66. The molecule has 2 atom stereocenters. The molecule has 5 nitrogen and oxygen atoms in total. The van der Waals surface area contributed by atoms with E-state index in [1.54, 1.807) is 0 Å². The number of hydrogen-bond acceptors (Lipinski definition) is 5. The number of rotatable bonds is 7. The van der Waals surface area contributed by atoms with Gasteiger partial charge in [0.05, 0.1) is 19.3 Å². The van der Waals surface area contributed by atoms with Gasteiger partial charge < -0.3 is 14.6 Å². The Morgan fingerprint density at radius 2 is 1.74 bits per heavy atom. The van der Waals surface area contributed by atoms with Gasteiger partial charge in [0.2, 0.25) is 0 Å². The number of hydrogen-bond donors (Lipinski definition) is 1. The molecule has 1 N–H and O–H groups in total. The molecule has 1 saturated carbocycles. The number of morpholine rings is 1. The summed E-state index contributed by atoms with van der Waals surface area (Å²) in [6, 6.07) is 8.52. The van der Waals surface area contributed by atoms with E-state index in [0.29, 0.717) is 17.9 Å². The maximum atomic E-state index is 9.90. The number of para-hydroxylation sites is 1. The van der Waals surface area contributed by atoms with Gasteiger partial charge in [-0.25, -0.2) is 0 Å². The van der Waals surface area contributed by atoms with Crippen LogP contribution in [0.4, 0.5) is 0 Å². The summed E-state index contributed by atoms with van der Waals surface area (Å²) in [5, 5.41) is 9.90. The summed E-state index contributed by atoms with van der Waals surface area (Å²) < 4.78 is 11.8. The second-order valence-corrected chi connectivity index (χ2v) is 8.44. The Hall–Kier alpha value is -1.14. The summed E-state index contributed by atoms with van der Waals surface area (Å²) in [5.74, 6) is 1.97. The third kappa shape index (κ3) is 5.02. The highest BCUT2D eigenvalue weighted by Gasteiger charge is 2.34. The van der Waals surface area contributed by atoms with E-state index in [4.69, 9.17) is 9.47 Å². The largest absolute Gasteiger partial charge is 0.490 e. The fraction of sp³-hybridized carbons (Fsp3) is 0.727. The molecule has 150 valence electrons. The van der Waals surface area contributed by atoms with Crippen LogP contribution in [0.15, 0.2) is 24.3 Å². The maximum absolute atomic E-state index is 9.90. The summed E-state index contributed by atoms with van der Waals surface area (Å²) in [5.41, 5.74) is 1.29. The van der Waals surface area contributed by atoms with Gasteiger partial charge in [-0.1, -0.05) is 18.2 Å². The maximum Gasteiger partial charge on any atom is 0.124 e. The number of benzene rings is 1. The van der Waals surface area contributed by atoms with Crippen molar-refractivity contribution in [2.45, 2.75) is 38.3 Å². The van der Waals surface area contributed by atoms with Crippen molar-refractivity contribution < 1.29 is 14.6 Å². The molecule has 2 aliphatic heterocycles. The average Bonchev–Trinajstić information content (AvgIpc) is 3.34. The molecule has 1 aromatic carbocycles. The summed E-state index contributed by atoms with van der Waals surface area (Å²) in [6.07, 6.45) is 5.35. The molecule has 2 saturated heterocycles. The third-order valence-electron chi connectivity index (χ3n) is 6.45. The molecule has 3 fully saturated rings. The number of aliphatic hydroxyl groups excluding tert-OH is 1. The van der Waals surface area contributed by atoms with Crippen LogP contribution in [0.1, 0.15) is 31.2 Å². The molecule has 1 aromatic rings. The van der Waals surface area contributed by atoms with Crippen LogP contribution in [0.3, 0.4) is 0 Å². The molecule has 1 aliphatic carbocycles. The van der Waals surface area contributed by atoms with Crippen molar-refractivity contribution in [1.82, 2.24) is 9.80 Å². The molecule has 0 radical (unpaired) electrons. The zero-order chi connectivity index (χ0) is 18.5. The smallest absolute Gasteiger partial charge is 0.124 e. The summed E-state index contributed by atoms with van der Waals surface area (Å²) in [7, 11) is 0. The minimum Gasteiger partial charge on any atom is -0.490 e. The van der Waals surface area contributed by atoms with Crippen LogP contribution < -0.4 is 4.74 Å². The highest BCUT2D eigenvalue weighted by molar-refractivity contribution is 5.33. The fourth-order valence-electron chi connectivity index (χ4n) is 4.87. The molecule has 0 bridgehead atoms. The van der Waals surface area contributed by atoms with Crippen LogP contribution in [0.2, 0.25) is 0 Å². The molecular formula is C22H34N2O3. The van der Waals surface area contributed by atoms with Crippen LogP contribution in [-0.4, -0.2) is 73.6 Å². The molecule has 2 heterocycles. The van der Waals surface area contributed by atoms with Crippen molar-refractivity contribution in [2.24, 2.45) is 11.8 Å². The average molecular weight is 375 g/mol. The normalized spacial score (nSPS) is 28.0. The standard InChI is InChI=1S/C22H34N2O3/c25-17-20-16-24(15-19(20)14-23-9-11-26-12-10-23)13-18-5-1-4-8-22(18)27-21-6-2-3-7-21/h1,4-5,8,19-21,25H,2-3,6-7,9-17H2/t19-,20-/m1/s1. The van der Waals surface area contributed by atoms with Crippen molar-refractivity contribution >= 4 is 0 Å². The van der Waals surface area contributed by atoms with Gasteiger partial charge in [-0.15, -0.1) is 0 Å². The van der Waals surface area contributed by atoms with Gasteiger partial charge in [0.15, 0.2) is 0 Å². The minimum atomic E-state index is 0.283. The molecule has 0 aromatic heterocycles. The predicted octanol–water partition coefficient (Wildman–Crippen LogP) is 2.38. The lowest BCUT2D eigenvalue weighted by atomic mass is 9.96. The Balaban J connectivity index is 1.36. The second-order valence-electron chi connectivity index (χ2n) is 8.44. The molecule has 5 heteroatoms. The number of aliphatic hydroxyl groups is 1. The van der Waals surface area contributed by atoms with E-state index in [0.717, 1.165) is 58.2 Å². The van der Waals surface area contributed by atoms with E-state index in [-0.39, 0.29) is 6.61 Å². The van der Waals surface area contributed by atoms with Crippen molar-refractivity contribution in [3.63, 3.8) is 0 Å². The minimum absolute atomic E-state index is 0.283. The lowest BCUT2D eigenvalue weighted by molar-refractivity contribution is 0.0264. The van der Waals surface area contributed by atoms with E-state index in [1.165, 1.54) is 31.2 Å². The van der Waals surface area contributed by atoms with Crippen LogP contribution >= 0.6 is 0 Å². The van der Waals surface area contributed by atoms with E-state index < -0.39 is 0 Å².